The van der Waals surface area contributed by atoms with Crippen LogP contribution in [0, 0.1) is 0 Å². The second-order valence-electron chi connectivity index (χ2n) is 5.40. The Hall–Kier alpha value is -0.0800. The van der Waals surface area contributed by atoms with Crippen LogP contribution in [0.15, 0.2) is 0 Å². The SMILES string of the molecule is CCCCCCC(CCC)(CCC)OOCCC. The number of hydrogen-bond acceptors (Lipinski definition) is 2. The Labute approximate surface area is 114 Å². The monoisotopic (exact) mass is 258 g/mol. The maximum Gasteiger partial charge on any atom is 0.104 e. The Balaban J connectivity index is 4.23. The molecule has 110 valence electrons. The summed E-state index contributed by atoms with van der Waals surface area (Å²) in [5.41, 5.74) is -0.0214. The quantitative estimate of drug-likeness (QED) is 0.241. The number of hydrogen-bond donors (Lipinski definition) is 0. The van der Waals surface area contributed by atoms with E-state index >= 15 is 0 Å². The van der Waals surface area contributed by atoms with Crippen molar-refractivity contribution in [2.24, 2.45) is 0 Å². The molecule has 0 N–H and O–H groups in total. The van der Waals surface area contributed by atoms with E-state index in [2.05, 4.69) is 27.7 Å². The molecule has 0 atom stereocenters. The van der Waals surface area contributed by atoms with Crippen LogP contribution in [0.25, 0.3) is 0 Å². The third kappa shape index (κ3) is 8.10. The van der Waals surface area contributed by atoms with Gasteiger partial charge in [-0.15, -0.1) is 0 Å². The molecule has 0 heterocycles. The number of rotatable bonds is 13. The topological polar surface area (TPSA) is 18.5 Å². The van der Waals surface area contributed by atoms with Crippen LogP contribution < -0.4 is 0 Å². The molecule has 0 aromatic rings. The third-order valence-corrected chi connectivity index (χ3v) is 3.42. The van der Waals surface area contributed by atoms with Crippen LogP contribution in [0.3, 0.4) is 0 Å². The highest BCUT2D eigenvalue weighted by Gasteiger charge is 2.30. The van der Waals surface area contributed by atoms with Crippen molar-refractivity contribution in [1.82, 2.24) is 0 Å². The second kappa shape index (κ2) is 12.0. The van der Waals surface area contributed by atoms with Crippen LogP contribution in [-0.4, -0.2) is 12.2 Å². The summed E-state index contributed by atoms with van der Waals surface area (Å²) in [7, 11) is 0. The van der Waals surface area contributed by atoms with E-state index in [1.165, 1.54) is 38.5 Å². The van der Waals surface area contributed by atoms with E-state index in [-0.39, 0.29) is 5.60 Å². The van der Waals surface area contributed by atoms with Gasteiger partial charge in [0.05, 0.1) is 6.61 Å². The summed E-state index contributed by atoms with van der Waals surface area (Å²) in [4.78, 5) is 11.2. The molecule has 0 saturated carbocycles. The highest BCUT2D eigenvalue weighted by atomic mass is 17.2. The van der Waals surface area contributed by atoms with Crippen molar-refractivity contribution in [3.63, 3.8) is 0 Å². The first kappa shape index (κ1) is 17.9. The first-order valence-electron chi connectivity index (χ1n) is 8.05. The van der Waals surface area contributed by atoms with Gasteiger partial charge in [-0.1, -0.05) is 66.2 Å². The standard InChI is InChI=1S/C16H34O2/c1-5-9-10-11-14-16(12-6-2,13-7-3)18-17-15-8-4/h5-15H2,1-4H3. The van der Waals surface area contributed by atoms with Crippen LogP contribution in [-0.2, 0) is 9.78 Å². The fourth-order valence-corrected chi connectivity index (χ4v) is 2.54. The minimum Gasteiger partial charge on any atom is -0.236 e. The molecule has 0 spiro atoms. The van der Waals surface area contributed by atoms with Crippen LogP contribution in [0.4, 0.5) is 0 Å². The summed E-state index contributed by atoms with van der Waals surface area (Å²) in [6.45, 7) is 9.56. The Bertz CT molecular complexity index is 162. The van der Waals surface area contributed by atoms with Gasteiger partial charge >= 0.3 is 0 Å². The van der Waals surface area contributed by atoms with Gasteiger partial charge in [-0.2, -0.15) is 0 Å². The lowest BCUT2D eigenvalue weighted by atomic mass is 9.87. The molecule has 0 saturated heterocycles. The molecule has 0 bridgehead atoms. The summed E-state index contributed by atoms with van der Waals surface area (Å²) in [5, 5.41) is 0. The predicted molar refractivity (Wildman–Crippen MR) is 78.6 cm³/mol. The largest absolute Gasteiger partial charge is 0.236 e. The van der Waals surface area contributed by atoms with E-state index in [9.17, 15) is 0 Å². The second-order valence-corrected chi connectivity index (χ2v) is 5.40. The van der Waals surface area contributed by atoms with E-state index in [0.717, 1.165) is 25.7 Å². The lowest BCUT2D eigenvalue weighted by molar-refractivity contribution is -0.366. The van der Waals surface area contributed by atoms with Crippen molar-refractivity contribution in [2.45, 2.75) is 97.5 Å². The number of unbranched alkanes of at least 4 members (excludes halogenated alkanes) is 3. The van der Waals surface area contributed by atoms with E-state index in [0.29, 0.717) is 6.61 Å². The molecule has 18 heavy (non-hydrogen) atoms. The highest BCUT2D eigenvalue weighted by Crippen LogP contribution is 2.31. The Morgan fingerprint density at radius 1 is 0.667 bits per heavy atom. The zero-order valence-electron chi connectivity index (χ0n) is 13.1. The lowest BCUT2D eigenvalue weighted by Crippen LogP contribution is -2.33. The van der Waals surface area contributed by atoms with Crippen molar-refractivity contribution in [1.29, 1.82) is 0 Å². The first-order valence-corrected chi connectivity index (χ1v) is 8.05. The fourth-order valence-electron chi connectivity index (χ4n) is 2.54. The molecular weight excluding hydrogens is 224 g/mol. The van der Waals surface area contributed by atoms with E-state index in [1.807, 2.05) is 0 Å². The summed E-state index contributed by atoms with van der Waals surface area (Å²) >= 11 is 0. The van der Waals surface area contributed by atoms with Gasteiger partial charge in [-0.25, -0.2) is 9.78 Å². The molecule has 0 aliphatic rings. The molecule has 2 heteroatoms. The van der Waals surface area contributed by atoms with Crippen molar-refractivity contribution in [3.8, 4) is 0 Å². The maximum atomic E-state index is 5.83. The van der Waals surface area contributed by atoms with Gasteiger partial charge in [-0.05, 0) is 25.7 Å². The summed E-state index contributed by atoms with van der Waals surface area (Å²) < 4.78 is 0. The first-order chi connectivity index (χ1) is 8.74. The summed E-state index contributed by atoms with van der Waals surface area (Å²) in [5.74, 6) is 0. The molecule has 0 fully saturated rings. The van der Waals surface area contributed by atoms with Crippen LogP contribution in [0.5, 0.6) is 0 Å². The Kier molecular flexibility index (Phi) is 11.9. The van der Waals surface area contributed by atoms with Crippen molar-refractivity contribution in [3.05, 3.63) is 0 Å². The molecule has 0 aromatic heterocycles. The molecule has 0 aliphatic carbocycles. The average molecular weight is 258 g/mol. The van der Waals surface area contributed by atoms with Gasteiger partial charge in [0.2, 0.25) is 0 Å². The maximum absolute atomic E-state index is 5.83. The van der Waals surface area contributed by atoms with E-state index in [4.69, 9.17) is 9.78 Å². The third-order valence-electron chi connectivity index (χ3n) is 3.42. The van der Waals surface area contributed by atoms with Crippen LogP contribution in [0.2, 0.25) is 0 Å². The minimum absolute atomic E-state index is 0.0214. The molecule has 0 radical (unpaired) electrons. The van der Waals surface area contributed by atoms with Gasteiger partial charge in [0, 0.05) is 0 Å². The molecule has 2 nitrogen and oxygen atoms in total. The minimum atomic E-state index is -0.0214. The molecule has 0 aliphatic heterocycles. The van der Waals surface area contributed by atoms with Gasteiger partial charge in [0.15, 0.2) is 0 Å². The van der Waals surface area contributed by atoms with Gasteiger partial charge < -0.3 is 0 Å². The molecule has 0 aromatic carbocycles. The lowest BCUT2D eigenvalue weighted by Gasteiger charge is -2.32. The zero-order valence-corrected chi connectivity index (χ0v) is 13.1. The molecule has 0 rings (SSSR count). The summed E-state index contributed by atoms with van der Waals surface area (Å²) in [6.07, 6.45) is 12.0. The van der Waals surface area contributed by atoms with Gasteiger partial charge in [-0.3, -0.25) is 0 Å². The van der Waals surface area contributed by atoms with Gasteiger partial charge in [0.25, 0.3) is 0 Å². The molecule has 0 amide bonds. The Morgan fingerprint density at radius 2 is 1.33 bits per heavy atom. The summed E-state index contributed by atoms with van der Waals surface area (Å²) in [6, 6.07) is 0. The molecular formula is C16H34O2. The van der Waals surface area contributed by atoms with Crippen LogP contribution >= 0.6 is 0 Å². The fraction of sp³-hybridized carbons (Fsp3) is 1.00. The van der Waals surface area contributed by atoms with Crippen LogP contribution in [0.1, 0.15) is 91.9 Å². The zero-order chi connectivity index (χ0) is 13.7. The van der Waals surface area contributed by atoms with E-state index in [1.54, 1.807) is 0 Å². The smallest absolute Gasteiger partial charge is 0.104 e. The normalized spacial score (nSPS) is 12.0. The van der Waals surface area contributed by atoms with Crippen molar-refractivity contribution < 1.29 is 9.78 Å². The highest BCUT2D eigenvalue weighted by molar-refractivity contribution is 4.78. The average Bonchev–Trinajstić information content (AvgIpc) is 2.36. The van der Waals surface area contributed by atoms with Gasteiger partial charge in [0.1, 0.15) is 5.60 Å². The molecule has 0 unspecified atom stereocenters. The predicted octanol–water partition coefficient (Wildman–Crippen LogP) is 5.65. The Morgan fingerprint density at radius 3 is 1.83 bits per heavy atom. The van der Waals surface area contributed by atoms with Crippen molar-refractivity contribution >= 4 is 0 Å². The van der Waals surface area contributed by atoms with Crippen molar-refractivity contribution in [2.75, 3.05) is 6.61 Å². The van der Waals surface area contributed by atoms with E-state index < -0.39 is 0 Å².